The van der Waals surface area contributed by atoms with Crippen LogP contribution in [0.25, 0.3) is 0 Å². The Balaban J connectivity index is 0.000000190. The fourth-order valence-electron chi connectivity index (χ4n) is 4.98. The molecule has 8 nitrogen and oxygen atoms in total. The van der Waals surface area contributed by atoms with E-state index in [0.717, 1.165) is 0 Å². The van der Waals surface area contributed by atoms with Gasteiger partial charge in [0, 0.05) is 12.1 Å². The first-order chi connectivity index (χ1) is 19.2. The molecule has 0 atom stereocenters. The molecule has 2 aliphatic rings. The maximum absolute atomic E-state index is 10.1. The van der Waals surface area contributed by atoms with Crippen LogP contribution in [0.5, 0.6) is 11.5 Å². The van der Waals surface area contributed by atoms with E-state index in [0.29, 0.717) is 0 Å². The second kappa shape index (κ2) is 16.6. The van der Waals surface area contributed by atoms with E-state index >= 15 is 0 Å². The van der Waals surface area contributed by atoms with Gasteiger partial charge in [-0.1, -0.05) is 89.5 Å². The van der Waals surface area contributed by atoms with Crippen molar-refractivity contribution in [3.63, 3.8) is 0 Å². The summed E-state index contributed by atoms with van der Waals surface area (Å²) in [5.74, 6) is -0.597. The van der Waals surface area contributed by atoms with Gasteiger partial charge in [0.25, 0.3) is 0 Å². The molecule has 9 heteroatoms. The second-order valence-electron chi connectivity index (χ2n) is 10.1. The van der Waals surface area contributed by atoms with Crippen molar-refractivity contribution in [3.05, 3.63) is 126 Å². The van der Waals surface area contributed by atoms with Crippen molar-refractivity contribution in [3.8, 4) is 11.5 Å². The van der Waals surface area contributed by atoms with Gasteiger partial charge in [-0.05, 0) is 12.1 Å². The molecule has 0 fully saturated rings. The van der Waals surface area contributed by atoms with Crippen molar-refractivity contribution in [1.29, 1.82) is 0 Å². The summed E-state index contributed by atoms with van der Waals surface area (Å²) < 4.78 is 0. The number of nitrogens with zero attached hydrogens (tertiary/aromatic N) is 2. The van der Waals surface area contributed by atoms with Gasteiger partial charge in [-0.25, -0.2) is 12.1 Å². The summed E-state index contributed by atoms with van der Waals surface area (Å²) in [6.45, 7) is 4.39. The Morgan fingerprint density at radius 3 is 1.27 bits per heavy atom. The molecular weight excluding hydrogens is 600 g/mol. The van der Waals surface area contributed by atoms with Crippen molar-refractivity contribution < 1.29 is 46.3 Å². The Morgan fingerprint density at radius 1 is 0.634 bits per heavy atom. The molecule has 0 unspecified atom stereocenters. The van der Waals surface area contributed by atoms with Crippen LogP contribution in [-0.2, 0) is 51.9 Å². The smallest absolute Gasteiger partial charge is 0.502 e. The summed E-state index contributed by atoms with van der Waals surface area (Å²) in [7, 11) is 0. The summed E-state index contributed by atoms with van der Waals surface area (Å²) in [5.41, 5.74) is 8.84. The van der Waals surface area contributed by atoms with Crippen molar-refractivity contribution >= 4 is 11.4 Å². The van der Waals surface area contributed by atoms with E-state index < -0.39 is 9.85 Å². The molecule has 41 heavy (non-hydrogen) atoms. The Hall–Kier alpha value is -3.58. The number of nitro benzene ring substituents is 2. The summed E-state index contributed by atoms with van der Waals surface area (Å²) in [4.78, 5) is 18.9. The molecular formula is C32H36N2O6Zr. The van der Waals surface area contributed by atoms with Crippen LogP contribution >= 0.6 is 0 Å². The van der Waals surface area contributed by atoms with Crippen molar-refractivity contribution in [2.75, 3.05) is 0 Å². The monoisotopic (exact) mass is 634 g/mol. The first-order valence-corrected chi connectivity index (χ1v) is 13.5. The van der Waals surface area contributed by atoms with Crippen LogP contribution in [-0.4, -0.2) is 20.1 Å². The zero-order valence-electron chi connectivity index (χ0n) is 23.5. The minimum atomic E-state index is -0.630. The molecule has 4 aromatic carbocycles. The normalized spacial score (nSPS) is 12.7. The largest absolute Gasteiger partial charge is 2.00 e. The minimum absolute atomic E-state index is 0. The molecule has 2 N–H and O–H groups in total. The van der Waals surface area contributed by atoms with Crippen LogP contribution in [0.3, 0.4) is 0 Å². The molecule has 0 saturated carbocycles. The van der Waals surface area contributed by atoms with E-state index in [9.17, 15) is 20.2 Å². The second-order valence-corrected chi connectivity index (χ2v) is 10.1. The summed E-state index contributed by atoms with van der Waals surface area (Å²) in [5, 5.41) is 37.8. The Bertz CT molecular complexity index is 1270. The van der Waals surface area contributed by atoms with E-state index in [4.69, 9.17) is 10.2 Å². The Labute approximate surface area is 259 Å². The van der Waals surface area contributed by atoms with E-state index in [2.05, 4.69) is 38.1 Å². The SMILES string of the molecule is Cc1cc2c([cH-]1)CCCC2.Cc1cc2c([cH-]1)CCCC2.O=[N+]([O-])c1ccccc1O.O=[N+]([O-])c1ccccc1O.[Zr+2]. The Morgan fingerprint density at radius 2 is 0.976 bits per heavy atom. The number of phenolic OH excluding ortho intramolecular Hbond substituents is 2. The van der Waals surface area contributed by atoms with Gasteiger partial charge < -0.3 is 10.2 Å². The van der Waals surface area contributed by atoms with Gasteiger partial charge in [0.2, 0.25) is 0 Å². The van der Waals surface area contributed by atoms with Crippen molar-refractivity contribution in [2.24, 2.45) is 0 Å². The maximum Gasteiger partial charge on any atom is 2.00 e. The molecule has 4 aromatic rings. The van der Waals surface area contributed by atoms with E-state index in [1.165, 1.54) is 111 Å². The first-order valence-electron chi connectivity index (χ1n) is 13.5. The molecule has 0 bridgehead atoms. The van der Waals surface area contributed by atoms with Gasteiger partial charge in [-0.15, -0.1) is 0 Å². The first kappa shape index (κ1) is 33.6. The van der Waals surface area contributed by atoms with E-state index in [1.54, 1.807) is 22.3 Å². The molecule has 214 valence electrons. The predicted molar refractivity (Wildman–Crippen MR) is 156 cm³/mol. The maximum atomic E-state index is 10.1. The predicted octanol–water partition coefficient (Wildman–Crippen LogP) is 7.78. The number of benzene rings is 2. The molecule has 0 spiro atoms. The standard InChI is InChI=1S/2C10H13.2C6H5NO3.Zr/c2*1-8-6-9-4-2-3-5-10(9)7-8;2*8-6-4-2-1-3-5(6)7(9)10;/h2*6-7H,2-5H2,1H3;2*1-4,8H;/q2*-1;;;+2. The van der Waals surface area contributed by atoms with Gasteiger partial charge in [0.05, 0.1) is 9.85 Å². The van der Waals surface area contributed by atoms with Crippen LogP contribution in [0.15, 0.2) is 72.8 Å². The number of aryl methyl sites for hydroxylation is 6. The van der Waals surface area contributed by atoms with E-state index in [-0.39, 0.29) is 49.1 Å². The number of aromatic hydroxyl groups is 2. The number of rotatable bonds is 2. The van der Waals surface area contributed by atoms with Crippen LogP contribution < -0.4 is 0 Å². The zero-order chi connectivity index (χ0) is 29.1. The number of hydrogen-bond acceptors (Lipinski definition) is 6. The van der Waals surface area contributed by atoms with Gasteiger partial charge >= 0.3 is 37.6 Å². The summed E-state index contributed by atoms with van der Waals surface area (Å²) >= 11 is 0. The molecule has 0 aliphatic heterocycles. The number of phenols is 2. The molecule has 0 aromatic heterocycles. The molecule has 0 heterocycles. The molecule has 0 amide bonds. The molecule has 0 saturated heterocycles. The third kappa shape index (κ3) is 10.4. The average molecular weight is 636 g/mol. The van der Waals surface area contributed by atoms with Gasteiger partial charge in [-0.3, -0.25) is 20.2 Å². The van der Waals surface area contributed by atoms with Gasteiger partial charge in [0.1, 0.15) is 0 Å². The summed E-state index contributed by atoms with van der Waals surface area (Å²) in [6.07, 6.45) is 10.9. The Kier molecular flexibility index (Phi) is 13.6. The number of fused-ring (bicyclic) bond motifs is 2. The van der Waals surface area contributed by atoms with Gasteiger partial charge in [-0.2, -0.15) is 45.5 Å². The van der Waals surface area contributed by atoms with Crippen LogP contribution in [0.1, 0.15) is 59.1 Å². The number of nitro groups is 2. The van der Waals surface area contributed by atoms with Crippen LogP contribution in [0, 0.1) is 34.1 Å². The van der Waals surface area contributed by atoms with E-state index in [1.807, 2.05) is 0 Å². The van der Waals surface area contributed by atoms with Crippen molar-refractivity contribution in [1.82, 2.24) is 0 Å². The average Bonchev–Trinajstić information content (AvgIpc) is 3.50. The van der Waals surface area contributed by atoms with Crippen LogP contribution in [0.2, 0.25) is 0 Å². The topological polar surface area (TPSA) is 127 Å². The van der Waals surface area contributed by atoms with Crippen LogP contribution in [0.4, 0.5) is 11.4 Å². The molecule has 0 radical (unpaired) electrons. The van der Waals surface area contributed by atoms with Gasteiger partial charge in [0.15, 0.2) is 11.5 Å². The van der Waals surface area contributed by atoms with Crippen molar-refractivity contribution in [2.45, 2.75) is 65.2 Å². The fraction of sp³-hybridized carbons (Fsp3) is 0.312. The fourth-order valence-corrected chi connectivity index (χ4v) is 4.98. The third-order valence-electron chi connectivity index (χ3n) is 6.87. The molecule has 2 aliphatic carbocycles. The number of hydrogen-bond donors (Lipinski definition) is 2. The minimum Gasteiger partial charge on any atom is -0.502 e. The quantitative estimate of drug-likeness (QED) is 0.132. The third-order valence-corrected chi connectivity index (χ3v) is 6.87. The molecule has 6 rings (SSSR count). The summed E-state index contributed by atoms with van der Waals surface area (Å²) in [6, 6.07) is 20.5. The zero-order valence-corrected chi connectivity index (χ0v) is 26.0. The number of para-hydroxylation sites is 4.